The van der Waals surface area contributed by atoms with Crippen LogP contribution in [0.4, 0.5) is 8.39 Å². The van der Waals surface area contributed by atoms with Gasteiger partial charge in [0.1, 0.15) is 0 Å². The van der Waals surface area contributed by atoms with Crippen molar-refractivity contribution in [3.05, 3.63) is 71.8 Å². The molecule has 0 spiro atoms. The first kappa shape index (κ1) is 20.7. The molecular formula is C16H16F2O3P2S. The van der Waals surface area contributed by atoms with Crippen molar-refractivity contribution in [3.63, 3.8) is 0 Å². The minimum Gasteiger partial charge on any atom is -0.286 e. The van der Waals surface area contributed by atoms with Crippen molar-refractivity contribution in [1.29, 1.82) is 0 Å². The highest BCUT2D eigenvalue weighted by Crippen LogP contribution is 2.42. The number of hydrogen-bond donors (Lipinski definition) is 1. The fraction of sp³-hybridized carbons (Fsp3) is 0.125. The van der Waals surface area contributed by atoms with E-state index >= 15 is 0 Å². The van der Waals surface area contributed by atoms with E-state index in [2.05, 4.69) is 15.2 Å². The van der Waals surface area contributed by atoms with Crippen LogP contribution in [-0.4, -0.2) is 19.2 Å². The van der Waals surface area contributed by atoms with Crippen molar-refractivity contribution >= 4 is 27.9 Å². The standard InChI is InChI=1S/C15H12F2P2.CH4O3S/c16-19(17)12-11-15(18,13-7-3-1-4-8-13)14-9-5-2-6-10-14;1-5(2,3)4/h1-10H,18H2;1H3,(H,2,3,4). The highest BCUT2D eigenvalue weighted by molar-refractivity contribution is 7.85. The normalized spacial score (nSPS) is 11.1. The molecule has 2 aromatic rings. The predicted molar refractivity (Wildman–Crippen MR) is 97.8 cm³/mol. The lowest BCUT2D eigenvalue weighted by Crippen LogP contribution is -2.17. The van der Waals surface area contributed by atoms with Gasteiger partial charge in [0, 0.05) is 0 Å². The molecule has 1 unspecified atom stereocenters. The Labute approximate surface area is 144 Å². The maximum Gasteiger partial charge on any atom is 0.344 e. The summed E-state index contributed by atoms with van der Waals surface area (Å²) >= 11 is 0. The molecule has 0 aromatic heterocycles. The Morgan fingerprint density at radius 1 is 1.00 bits per heavy atom. The van der Waals surface area contributed by atoms with E-state index < -0.39 is 23.8 Å². The Balaban J connectivity index is 0.000000505. The second-order valence-corrected chi connectivity index (χ2v) is 7.76. The predicted octanol–water partition coefficient (Wildman–Crippen LogP) is 4.52. The summed E-state index contributed by atoms with van der Waals surface area (Å²) in [5, 5.41) is -0.790. The van der Waals surface area contributed by atoms with Crippen LogP contribution in [0.2, 0.25) is 0 Å². The molecule has 0 fully saturated rings. The van der Waals surface area contributed by atoms with Crippen LogP contribution in [0.25, 0.3) is 0 Å². The van der Waals surface area contributed by atoms with Crippen molar-refractivity contribution in [2.45, 2.75) is 5.16 Å². The third kappa shape index (κ3) is 7.47. The Morgan fingerprint density at radius 3 is 1.62 bits per heavy atom. The smallest absolute Gasteiger partial charge is 0.286 e. The first-order valence-electron chi connectivity index (χ1n) is 6.60. The van der Waals surface area contributed by atoms with E-state index in [0.717, 1.165) is 11.1 Å². The van der Waals surface area contributed by atoms with Gasteiger partial charge < -0.3 is 0 Å². The van der Waals surface area contributed by atoms with Gasteiger partial charge in [-0.05, 0) is 16.8 Å². The zero-order valence-electron chi connectivity index (χ0n) is 12.7. The summed E-state index contributed by atoms with van der Waals surface area (Å²) in [6.07, 6.45) is 0.715. The summed E-state index contributed by atoms with van der Waals surface area (Å²) in [7, 11) is -4.27. The second-order valence-electron chi connectivity index (χ2n) is 4.74. The summed E-state index contributed by atoms with van der Waals surface area (Å²) in [5.74, 6) is 2.72. The van der Waals surface area contributed by atoms with Gasteiger partial charge in [-0.2, -0.15) is 16.8 Å². The van der Waals surface area contributed by atoms with E-state index in [1.807, 2.05) is 66.3 Å². The van der Waals surface area contributed by atoms with E-state index in [-0.39, 0.29) is 0 Å². The zero-order chi connectivity index (χ0) is 18.2. The van der Waals surface area contributed by atoms with Crippen LogP contribution < -0.4 is 0 Å². The van der Waals surface area contributed by atoms with E-state index in [1.54, 1.807) is 0 Å². The quantitative estimate of drug-likeness (QED) is 0.468. The molecule has 0 saturated heterocycles. The number of rotatable bonds is 2. The number of halogens is 2. The molecular weight excluding hydrogens is 372 g/mol. The Hall–Kier alpha value is -1.37. The van der Waals surface area contributed by atoms with E-state index in [1.165, 1.54) is 0 Å². The second kappa shape index (κ2) is 9.20. The van der Waals surface area contributed by atoms with Gasteiger partial charge in [-0.3, -0.25) is 4.55 Å². The molecule has 128 valence electrons. The monoisotopic (exact) mass is 388 g/mol. The van der Waals surface area contributed by atoms with Crippen LogP contribution in [0.1, 0.15) is 11.1 Å². The maximum absolute atomic E-state index is 12.5. The molecule has 0 saturated carbocycles. The van der Waals surface area contributed by atoms with Crippen molar-refractivity contribution in [1.82, 2.24) is 0 Å². The summed E-state index contributed by atoms with van der Waals surface area (Å²) in [6.45, 7) is 0. The van der Waals surface area contributed by atoms with Gasteiger partial charge in [0.05, 0.1) is 11.4 Å². The topological polar surface area (TPSA) is 54.4 Å². The summed E-state index contributed by atoms with van der Waals surface area (Å²) in [6, 6.07) is 18.9. The molecule has 0 aliphatic carbocycles. The molecule has 24 heavy (non-hydrogen) atoms. The number of hydrogen-bond acceptors (Lipinski definition) is 2. The van der Waals surface area contributed by atoms with Crippen LogP contribution in [0.3, 0.4) is 0 Å². The zero-order valence-corrected chi connectivity index (χ0v) is 15.6. The number of benzene rings is 2. The fourth-order valence-corrected chi connectivity index (χ4v) is 2.68. The first-order valence-corrected chi connectivity index (χ1v) is 10.1. The SMILES string of the molecule is CS(=O)(=O)O.FP(F)C#CC(P)(c1ccccc1)c1ccccc1. The van der Waals surface area contributed by atoms with Crippen LogP contribution in [0, 0.1) is 11.6 Å². The van der Waals surface area contributed by atoms with Crippen LogP contribution in [-0.2, 0) is 15.3 Å². The molecule has 1 N–H and O–H groups in total. The Morgan fingerprint density at radius 2 is 1.33 bits per heavy atom. The van der Waals surface area contributed by atoms with E-state index in [0.29, 0.717) is 6.26 Å². The minimum atomic E-state index is -3.67. The lowest BCUT2D eigenvalue weighted by molar-refractivity contribution is 0.490. The summed E-state index contributed by atoms with van der Waals surface area (Å²) in [5.41, 5.74) is 3.81. The minimum absolute atomic E-state index is 0.715. The van der Waals surface area contributed by atoms with E-state index in [9.17, 15) is 16.8 Å². The lowest BCUT2D eigenvalue weighted by atomic mass is 9.91. The molecule has 2 rings (SSSR count). The largest absolute Gasteiger partial charge is 0.344 e. The molecule has 0 radical (unpaired) electrons. The summed E-state index contributed by atoms with van der Waals surface area (Å²) < 4.78 is 50.8. The van der Waals surface area contributed by atoms with E-state index in [4.69, 9.17) is 4.55 Å². The Bertz CT molecular complexity index is 754. The summed E-state index contributed by atoms with van der Waals surface area (Å²) in [4.78, 5) is 0. The van der Waals surface area contributed by atoms with Gasteiger partial charge >= 0.3 is 8.54 Å². The highest BCUT2D eigenvalue weighted by atomic mass is 32.2. The Kier molecular flexibility index (Phi) is 7.93. The molecule has 1 atom stereocenters. The van der Waals surface area contributed by atoms with Crippen molar-refractivity contribution in [2.75, 3.05) is 6.26 Å². The van der Waals surface area contributed by atoms with Gasteiger partial charge in [-0.1, -0.05) is 66.6 Å². The first-order chi connectivity index (χ1) is 11.1. The molecule has 0 amide bonds. The molecule has 8 heteroatoms. The van der Waals surface area contributed by atoms with Gasteiger partial charge in [0.2, 0.25) is 0 Å². The average Bonchev–Trinajstić information content (AvgIpc) is 2.53. The maximum atomic E-state index is 12.5. The molecule has 0 heterocycles. The van der Waals surface area contributed by atoms with Crippen LogP contribution >= 0.6 is 17.8 Å². The van der Waals surface area contributed by atoms with Crippen LogP contribution in [0.15, 0.2) is 60.7 Å². The van der Waals surface area contributed by atoms with Gasteiger partial charge in [-0.15, -0.1) is 9.24 Å². The molecule has 0 bridgehead atoms. The third-order valence-electron chi connectivity index (χ3n) is 2.80. The van der Waals surface area contributed by atoms with Crippen molar-refractivity contribution < 1.29 is 21.4 Å². The van der Waals surface area contributed by atoms with Gasteiger partial charge in [-0.25, -0.2) is 0 Å². The van der Waals surface area contributed by atoms with Crippen molar-refractivity contribution in [2.24, 2.45) is 0 Å². The van der Waals surface area contributed by atoms with Gasteiger partial charge in [0.15, 0.2) is 0 Å². The molecule has 3 nitrogen and oxygen atoms in total. The fourth-order valence-electron chi connectivity index (χ4n) is 1.84. The average molecular weight is 388 g/mol. The van der Waals surface area contributed by atoms with Crippen molar-refractivity contribution in [3.8, 4) is 11.6 Å². The highest BCUT2D eigenvalue weighted by Gasteiger charge is 2.27. The third-order valence-corrected chi connectivity index (χ3v) is 3.89. The molecule has 0 aliphatic heterocycles. The van der Waals surface area contributed by atoms with Gasteiger partial charge in [0.25, 0.3) is 10.1 Å². The lowest BCUT2D eigenvalue weighted by Gasteiger charge is -2.24. The molecule has 2 aromatic carbocycles. The molecule has 0 aliphatic rings. The van der Waals surface area contributed by atoms with Crippen LogP contribution in [0.5, 0.6) is 0 Å².